The highest BCUT2D eigenvalue weighted by Crippen LogP contribution is 2.59. The first kappa shape index (κ1) is 21.7. The SMILES string of the molecule is CC(C)c1ncc(C(=O)Nc2c(-c3ccccc3F)ccnc2C2CCC3(CC2)CC3)cn1. The predicted molar refractivity (Wildman–Crippen MR) is 127 cm³/mol. The molecule has 1 spiro atoms. The van der Waals surface area contributed by atoms with Crippen LogP contribution in [0.5, 0.6) is 0 Å². The van der Waals surface area contributed by atoms with Gasteiger partial charge < -0.3 is 5.32 Å². The first-order valence-electron chi connectivity index (χ1n) is 11.8. The second-order valence-electron chi connectivity index (χ2n) is 9.81. The van der Waals surface area contributed by atoms with Gasteiger partial charge in [0.15, 0.2) is 0 Å². The second kappa shape index (κ2) is 8.65. The summed E-state index contributed by atoms with van der Waals surface area (Å²) in [5.41, 5.74) is 3.47. The van der Waals surface area contributed by atoms with Crippen molar-refractivity contribution in [2.45, 2.75) is 64.2 Å². The fourth-order valence-corrected chi connectivity index (χ4v) is 4.94. The van der Waals surface area contributed by atoms with Crippen LogP contribution in [-0.2, 0) is 0 Å². The summed E-state index contributed by atoms with van der Waals surface area (Å²) >= 11 is 0. The van der Waals surface area contributed by atoms with Crippen LogP contribution < -0.4 is 5.32 Å². The highest BCUT2D eigenvalue weighted by molar-refractivity contribution is 6.06. The van der Waals surface area contributed by atoms with Crippen LogP contribution in [0.25, 0.3) is 11.1 Å². The van der Waals surface area contributed by atoms with Gasteiger partial charge in [0.05, 0.1) is 16.9 Å². The Morgan fingerprint density at radius 2 is 1.70 bits per heavy atom. The van der Waals surface area contributed by atoms with E-state index in [2.05, 4.69) is 15.3 Å². The van der Waals surface area contributed by atoms with Gasteiger partial charge in [0, 0.05) is 41.6 Å². The van der Waals surface area contributed by atoms with Crippen molar-refractivity contribution in [1.82, 2.24) is 15.0 Å². The smallest absolute Gasteiger partial charge is 0.258 e. The molecule has 0 aliphatic heterocycles. The van der Waals surface area contributed by atoms with Crippen LogP contribution in [0.3, 0.4) is 0 Å². The van der Waals surface area contributed by atoms with Crippen LogP contribution >= 0.6 is 0 Å². The lowest BCUT2D eigenvalue weighted by Crippen LogP contribution is -2.20. The molecule has 2 saturated carbocycles. The number of hydrogen-bond donors (Lipinski definition) is 1. The zero-order valence-electron chi connectivity index (χ0n) is 19.1. The maximum atomic E-state index is 14.8. The summed E-state index contributed by atoms with van der Waals surface area (Å²) in [4.78, 5) is 26.5. The Hall–Kier alpha value is -3.15. The molecule has 5 rings (SSSR count). The van der Waals surface area contributed by atoms with E-state index in [9.17, 15) is 9.18 Å². The molecule has 1 N–H and O–H groups in total. The third-order valence-electron chi connectivity index (χ3n) is 7.22. The minimum absolute atomic E-state index is 0.181. The van der Waals surface area contributed by atoms with Gasteiger partial charge in [0.25, 0.3) is 5.91 Å². The molecular formula is C27H29FN4O. The molecule has 6 heteroatoms. The van der Waals surface area contributed by atoms with E-state index in [1.54, 1.807) is 42.9 Å². The molecule has 2 fully saturated rings. The number of nitrogens with zero attached hydrogens (tertiary/aromatic N) is 3. The van der Waals surface area contributed by atoms with Crippen LogP contribution in [0.1, 0.15) is 86.1 Å². The maximum Gasteiger partial charge on any atom is 0.258 e. The van der Waals surface area contributed by atoms with E-state index < -0.39 is 0 Å². The Labute approximate surface area is 193 Å². The summed E-state index contributed by atoms with van der Waals surface area (Å²) in [5.74, 6) is 0.484. The maximum absolute atomic E-state index is 14.8. The Kier molecular flexibility index (Phi) is 5.69. The van der Waals surface area contributed by atoms with E-state index in [1.165, 1.54) is 31.7 Å². The molecule has 2 aliphatic carbocycles. The summed E-state index contributed by atoms with van der Waals surface area (Å²) in [6.45, 7) is 4.02. The Balaban J connectivity index is 1.51. The van der Waals surface area contributed by atoms with Crippen molar-refractivity contribution >= 4 is 11.6 Å². The van der Waals surface area contributed by atoms with Crippen LogP contribution in [0.15, 0.2) is 48.9 Å². The minimum Gasteiger partial charge on any atom is -0.320 e. The molecule has 0 radical (unpaired) electrons. The molecule has 1 aromatic carbocycles. The lowest BCUT2D eigenvalue weighted by atomic mass is 9.77. The molecule has 2 aliphatic rings. The molecule has 1 amide bonds. The number of pyridine rings is 1. The highest BCUT2D eigenvalue weighted by atomic mass is 19.1. The van der Waals surface area contributed by atoms with Gasteiger partial charge in [-0.25, -0.2) is 14.4 Å². The van der Waals surface area contributed by atoms with Crippen LogP contribution in [-0.4, -0.2) is 20.9 Å². The van der Waals surface area contributed by atoms with Gasteiger partial charge in [-0.3, -0.25) is 9.78 Å². The Bertz CT molecular complexity index is 1160. The molecular weight excluding hydrogens is 415 g/mol. The average molecular weight is 445 g/mol. The number of aromatic nitrogens is 3. The van der Waals surface area contributed by atoms with Crippen molar-refractivity contribution in [2.75, 3.05) is 5.32 Å². The van der Waals surface area contributed by atoms with Gasteiger partial charge in [-0.2, -0.15) is 0 Å². The number of carbonyl (C=O) groups is 1. The number of nitrogens with one attached hydrogen (secondary N) is 1. The molecule has 0 unspecified atom stereocenters. The lowest BCUT2D eigenvalue weighted by Gasteiger charge is -2.30. The van der Waals surface area contributed by atoms with Crippen molar-refractivity contribution in [1.29, 1.82) is 0 Å². The average Bonchev–Trinajstić information content (AvgIpc) is 3.59. The minimum atomic E-state index is -0.324. The summed E-state index contributed by atoms with van der Waals surface area (Å²) in [7, 11) is 0. The van der Waals surface area contributed by atoms with E-state index in [-0.39, 0.29) is 23.6 Å². The molecule has 2 aromatic heterocycles. The number of benzene rings is 1. The zero-order chi connectivity index (χ0) is 23.0. The van der Waals surface area contributed by atoms with Crippen LogP contribution in [0, 0.1) is 11.2 Å². The third-order valence-corrected chi connectivity index (χ3v) is 7.22. The van der Waals surface area contributed by atoms with Gasteiger partial charge in [0.1, 0.15) is 11.6 Å². The van der Waals surface area contributed by atoms with Gasteiger partial charge in [-0.05, 0) is 56.1 Å². The van der Waals surface area contributed by atoms with Crippen LogP contribution in [0.2, 0.25) is 0 Å². The van der Waals surface area contributed by atoms with E-state index in [0.717, 1.165) is 18.5 Å². The van der Waals surface area contributed by atoms with Crippen molar-refractivity contribution < 1.29 is 9.18 Å². The van der Waals surface area contributed by atoms with Gasteiger partial charge >= 0.3 is 0 Å². The number of anilines is 1. The number of carbonyl (C=O) groups excluding carboxylic acids is 1. The summed E-state index contributed by atoms with van der Waals surface area (Å²) in [6.07, 6.45) is 12.0. The summed E-state index contributed by atoms with van der Waals surface area (Å²) < 4.78 is 14.8. The van der Waals surface area contributed by atoms with Crippen molar-refractivity contribution in [3.8, 4) is 11.1 Å². The molecule has 0 bridgehead atoms. The number of amides is 1. The van der Waals surface area contributed by atoms with Crippen molar-refractivity contribution in [3.05, 3.63) is 71.8 Å². The molecule has 3 aromatic rings. The van der Waals surface area contributed by atoms with E-state index in [1.807, 2.05) is 13.8 Å². The number of hydrogen-bond acceptors (Lipinski definition) is 4. The molecule has 0 saturated heterocycles. The van der Waals surface area contributed by atoms with Gasteiger partial charge in [-0.15, -0.1) is 0 Å². The summed E-state index contributed by atoms with van der Waals surface area (Å²) in [6, 6.07) is 8.44. The number of rotatable bonds is 5. The molecule has 33 heavy (non-hydrogen) atoms. The standard InChI is InChI=1S/C27H29FN4O/c1-17(2)25-30-15-19(16-31-25)26(33)32-24-21(20-5-3-4-6-22(20)28)9-14-29-23(24)18-7-10-27(11-8-18)12-13-27/h3-6,9,14-18H,7-8,10-13H2,1-2H3,(H,32,33). The van der Waals surface area contributed by atoms with E-state index in [0.29, 0.717) is 33.6 Å². The molecule has 5 nitrogen and oxygen atoms in total. The van der Waals surface area contributed by atoms with Crippen molar-refractivity contribution in [2.24, 2.45) is 5.41 Å². The largest absolute Gasteiger partial charge is 0.320 e. The van der Waals surface area contributed by atoms with Crippen LogP contribution in [0.4, 0.5) is 10.1 Å². The number of halogens is 1. The fourth-order valence-electron chi connectivity index (χ4n) is 4.94. The topological polar surface area (TPSA) is 67.8 Å². The first-order valence-corrected chi connectivity index (χ1v) is 11.8. The normalized spacial score (nSPS) is 17.3. The monoisotopic (exact) mass is 444 g/mol. The van der Waals surface area contributed by atoms with E-state index >= 15 is 0 Å². The zero-order valence-corrected chi connectivity index (χ0v) is 19.1. The Morgan fingerprint density at radius 3 is 2.33 bits per heavy atom. The summed E-state index contributed by atoms with van der Waals surface area (Å²) in [5, 5.41) is 3.06. The van der Waals surface area contributed by atoms with Gasteiger partial charge in [-0.1, -0.05) is 32.0 Å². The Morgan fingerprint density at radius 1 is 1.00 bits per heavy atom. The fraction of sp³-hybridized carbons (Fsp3) is 0.407. The first-order chi connectivity index (χ1) is 16.0. The third kappa shape index (κ3) is 4.39. The second-order valence-corrected chi connectivity index (χ2v) is 9.81. The molecule has 0 atom stereocenters. The van der Waals surface area contributed by atoms with Gasteiger partial charge in [0.2, 0.25) is 0 Å². The van der Waals surface area contributed by atoms with E-state index in [4.69, 9.17) is 4.98 Å². The highest BCUT2D eigenvalue weighted by Gasteiger charge is 2.45. The predicted octanol–water partition coefficient (Wildman–Crippen LogP) is 6.49. The van der Waals surface area contributed by atoms with Crippen molar-refractivity contribution in [3.63, 3.8) is 0 Å². The molecule has 2 heterocycles. The molecule has 170 valence electrons. The quantitative estimate of drug-likeness (QED) is 0.488. The lowest BCUT2D eigenvalue weighted by molar-refractivity contribution is 0.102.